The summed E-state index contributed by atoms with van der Waals surface area (Å²) in [5.74, 6) is -0.0475. The first-order valence-electron chi connectivity index (χ1n) is 14.3. The second kappa shape index (κ2) is 9.71. The van der Waals surface area contributed by atoms with Crippen LogP contribution in [0.25, 0.3) is 0 Å². The van der Waals surface area contributed by atoms with Crippen molar-refractivity contribution in [3.63, 3.8) is 0 Å². The number of ketones is 1. The molecule has 4 aliphatic carbocycles. The van der Waals surface area contributed by atoms with E-state index in [-0.39, 0.29) is 34.4 Å². The second-order valence-corrected chi connectivity index (χ2v) is 12.6. The van der Waals surface area contributed by atoms with Crippen molar-refractivity contribution in [2.45, 2.75) is 56.8 Å². The summed E-state index contributed by atoms with van der Waals surface area (Å²) in [6, 6.07) is 1.81. The number of hydrogen-bond donors (Lipinski definition) is 3. The van der Waals surface area contributed by atoms with Crippen LogP contribution in [0.3, 0.4) is 0 Å². The van der Waals surface area contributed by atoms with E-state index in [9.17, 15) is 14.7 Å². The number of nitrogens with zero attached hydrogens (tertiary/aromatic N) is 2. The third-order valence-electron chi connectivity index (χ3n) is 9.75. The first-order valence-corrected chi connectivity index (χ1v) is 14.3. The van der Waals surface area contributed by atoms with Gasteiger partial charge in [0, 0.05) is 0 Å². The molecule has 2 fully saturated rings. The number of benzene rings is 1. The molecule has 1 heterocycles. The summed E-state index contributed by atoms with van der Waals surface area (Å²) < 4.78 is 5.83. The van der Waals surface area contributed by atoms with E-state index >= 15 is 0 Å². The number of primary amides is 1. The van der Waals surface area contributed by atoms with Crippen molar-refractivity contribution in [1.82, 2.24) is 10.2 Å². The van der Waals surface area contributed by atoms with Crippen molar-refractivity contribution in [2.24, 2.45) is 23.5 Å². The summed E-state index contributed by atoms with van der Waals surface area (Å²) in [7, 11) is 13.4. The topological polar surface area (TPSA) is 127 Å². The van der Waals surface area contributed by atoms with Crippen LogP contribution in [0.15, 0.2) is 28.7 Å². The molecule has 218 valence electrons. The van der Waals surface area contributed by atoms with Crippen LogP contribution >= 0.6 is 0 Å². The molecule has 5 atom stereocenters. The van der Waals surface area contributed by atoms with E-state index in [0.717, 1.165) is 22.7 Å². The molecule has 1 saturated heterocycles. The van der Waals surface area contributed by atoms with Crippen molar-refractivity contribution in [3.05, 3.63) is 45.4 Å². The van der Waals surface area contributed by atoms with Gasteiger partial charge < -0.3 is 0 Å². The number of likely N-dealkylation sites (N-methyl/N-ethyl adjacent to an activating group) is 1. The molecule has 0 unspecified atom stereocenters. The molecule has 1 spiro atoms. The first kappa shape index (κ1) is 28.0. The Labute approximate surface area is 241 Å². The van der Waals surface area contributed by atoms with Crippen LogP contribution < -0.4 is 20.7 Å². The van der Waals surface area contributed by atoms with E-state index in [4.69, 9.17) is 20.2 Å². The van der Waals surface area contributed by atoms with Crippen LogP contribution in [-0.2, 0) is 27.5 Å². The van der Waals surface area contributed by atoms with Crippen molar-refractivity contribution in [2.75, 3.05) is 40.2 Å². The van der Waals surface area contributed by atoms with Gasteiger partial charge in [0.25, 0.3) is 0 Å². The SMILES string of the molecule is B=C1C(C(N)=O)=C(O)[C@@H](N(C)C)[C@@H]2C[C@@H]3Cc4c(c(OC)cc(CN[C@H](C)C5CC5)c4N(C)C)C(=O)C3=C3OO[C@]132. The van der Waals surface area contributed by atoms with E-state index < -0.39 is 17.6 Å². The number of carbonyl (C=O) groups excluding carboxylic acids is 2. The number of nitrogens with two attached hydrogens (primary N) is 1. The van der Waals surface area contributed by atoms with E-state index in [1.165, 1.54) is 12.8 Å². The summed E-state index contributed by atoms with van der Waals surface area (Å²) in [6.45, 7) is 2.90. The molecule has 41 heavy (non-hydrogen) atoms. The molecular weight excluding hydrogens is 523 g/mol. The Hall–Kier alpha value is -3.15. The predicted octanol–water partition coefficient (Wildman–Crippen LogP) is 1.29. The molecule has 0 aromatic heterocycles. The zero-order chi connectivity index (χ0) is 29.5. The van der Waals surface area contributed by atoms with Crippen LogP contribution in [0.1, 0.15) is 47.7 Å². The monoisotopic (exact) mass is 562 g/mol. The minimum absolute atomic E-state index is 0.0755. The number of Topliss-reactive ketones (excluding diaryl/α,β-unsaturated/α-hetero) is 1. The van der Waals surface area contributed by atoms with Crippen molar-refractivity contribution < 1.29 is 29.2 Å². The Morgan fingerprint density at radius 3 is 2.56 bits per heavy atom. The van der Waals surface area contributed by atoms with Gasteiger partial charge in [-0.2, -0.15) is 0 Å². The zero-order valence-electron chi connectivity index (χ0n) is 24.7. The summed E-state index contributed by atoms with van der Waals surface area (Å²) in [4.78, 5) is 42.3. The van der Waals surface area contributed by atoms with Crippen LogP contribution in [0.4, 0.5) is 5.69 Å². The van der Waals surface area contributed by atoms with E-state index in [1.54, 1.807) is 7.11 Å². The molecule has 1 aromatic rings. The van der Waals surface area contributed by atoms with Gasteiger partial charge in [0.1, 0.15) is 0 Å². The van der Waals surface area contributed by atoms with Gasteiger partial charge in [-0.15, -0.1) is 0 Å². The average Bonchev–Trinajstić information content (AvgIpc) is 3.72. The van der Waals surface area contributed by atoms with Crippen LogP contribution in [0, 0.1) is 17.8 Å². The molecule has 1 saturated carbocycles. The van der Waals surface area contributed by atoms with Gasteiger partial charge in [0.15, 0.2) is 0 Å². The van der Waals surface area contributed by atoms with Gasteiger partial charge in [0.05, 0.1) is 0 Å². The number of hydrogen-bond acceptors (Lipinski definition) is 9. The maximum absolute atomic E-state index is 14.4. The number of fused-ring (bicyclic) bond motifs is 2. The number of anilines is 1. The molecule has 0 bridgehead atoms. The number of rotatable bonds is 8. The molecule has 1 aromatic carbocycles. The first-order chi connectivity index (χ1) is 19.4. The Morgan fingerprint density at radius 1 is 1.32 bits per heavy atom. The minimum atomic E-state index is -1.26. The molecule has 11 heteroatoms. The summed E-state index contributed by atoms with van der Waals surface area (Å²) in [6.07, 6.45) is 3.62. The van der Waals surface area contributed by atoms with Crippen LogP contribution in [0.5, 0.6) is 5.75 Å². The quantitative estimate of drug-likeness (QED) is 0.318. The van der Waals surface area contributed by atoms with E-state index in [1.807, 2.05) is 39.2 Å². The number of allylic oxidation sites excluding steroid dienone is 1. The maximum atomic E-state index is 14.4. The Kier molecular flexibility index (Phi) is 6.63. The number of ether oxygens (including phenoxy) is 1. The van der Waals surface area contributed by atoms with Gasteiger partial charge >= 0.3 is 216 Å². The third kappa shape index (κ3) is 3.92. The number of carbonyl (C=O) groups is 2. The van der Waals surface area contributed by atoms with E-state index in [0.29, 0.717) is 48.1 Å². The molecule has 5 aliphatic rings. The van der Waals surface area contributed by atoms with Crippen LogP contribution in [-0.4, -0.2) is 87.6 Å². The fraction of sp³-hybridized carbons (Fsp3) is 0.567. The fourth-order valence-corrected chi connectivity index (χ4v) is 7.69. The number of aliphatic hydroxyl groups is 1. The number of methoxy groups -OCH3 is 1. The van der Waals surface area contributed by atoms with Gasteiger partial charge in [-0.1, -0.05) is 0 Å². The Morgan fingerprint density at radius 2 is 2.02 bits per heavy atom. The van der Waals surface area contributed by atoms with Crippen LogP contribution in [0.2, 0.25) is 0 Å². The third-order valence-corrected chi connectivity index (χ3v) is 9.75. The van der Waals surface area contributed by atoms with Crippen molar-refractivity contribution in [3.8, 4) is 5.75 Å². The van der Waals surface area contributed by atoms with Crippen molar-refractivity contribution >= 4 is 30.3 Å². The molecular formula is C30H39BN4O6. The Bertz CT molecular complexity index is 1430. The number of amides is 1. The summed E-state index contributed by atoms with van der Waals surface area (Å²) in [5.41, 5.74) is 8.68. The molecule has 6 rings (SSSR count). The molecule has 0 radical (unpaired) electrons. The number of aliphatic hydroxyl groups excluding tert-OH is 1. The normalized spacial score (nSPS) is 29.2. The molecule has 10 nitrogen and oxygen atoms in total. The van der Waals surface area contributed by atoms with Gasteiger partial charge in [0.2, 0.25) is 0 Å². The Balaban J connectivity index is 1.49. The molecule has 4 N–H and O–H groups in total. The van der Waals surface area contributed by atoms with E-state index in [2.05, 4.69) is 24.6 Å². The molecule has 1 amide bonds. The summed E-state index contributed by atoms with van der Waals surface area (Å²) in [5, 5.41) is 14.9. The number of nitrogens with one attached hydrogen (secondary N) is 1. The molecule has 1 aliphatic heterocycles. The van der Waals surface area contributed by atoms with Gasteiger partial charge in [-0.05, 0) is 25.7 Å². The fourth-order valence-electron chi connectivity index (χ4n) is 7.69. The van der Waals surface area contributed by atoms with Crippen molar-refractivity contribution in [1.29, 1.82) is 0 Å². The summed E-state index contributed by atoms with van der Waals surface area (Å²) >= 11 is 0. The second-order valence-electron chi connectivity index (χ2n) is 12.6. The standard InChI is InChI=1S/C30H39BN4O6/c1-13(14-7-8-14)33-12-16-11-19(39-6)21-17(23(16)34(2)3)9-15-10-18-24(35(4)5)26(37)22(29(32)38)27(31)30(18)28(40-41-30)20(15)25(21)36/h11,13-15,18,24,31,33,37H,7-10,12H2,1-6H3,(H2,32,38)/t13-,15+,18+,24+,30-/m1/s1. The predicted molar refractivity (Wildman–Crippen MR) is 156 cm³/mol. The van der Waals surface area contributed by atoms with Gasteiger partial charge in [-0.3, -0.25) is 0 Å². The van der Waals surface area contributed by atoms with Gasteiger partial charge in [-0.25, -0.2) is 0 Å². The zero-order valence-corrected chi connectivity index (χ0v) is 24.7. The average molecular weight is 562 g/mol.